The number of piperazine rings is 1. The fourth-order valence-electron chi connectivity index (χ4n) is 3.84. The Bertz CT molecular complexity index is 1360. The van der Waals surface area contributed by atoms with Crippen LogP contribution in [0.5, 0.6) is 0 Å². The van der Waals surface area contributed by atoms with Gasteiger partial charge < -0.3 is 9.64 Å². The fourth-order valence-corrected chi connectivity index (χ4v) is 5.31. The first kappa shape index (κ1) is 23.6. The lowest BCUT2D eigenvalue weighted by Crippen LogP contribution is -2.49. The van der Waals surface area contributed by atoms with Crippen LogP contribution in [0.2, 0.25) is 0 Å². The SMILES string of the molecule is CC(=O)N1CCN(S(=O)(=O)c2cccc(C(=O)OCC(=O)c3ccc4ccccc4c3)c2)CC1. The van der Waals surface area contributed by atoms with Gasteiger partial charge in [-0.25, -0.2) is 13.2 Å². The lowest BCUT2D eigenvalue weighted by atomic mass is 10.0. The lowest BCUT2D eigenvalue weighted by Gasteiger charge is -2.33. The third-order valence-electron chi connectivity index (χ3n) is 5.80. The van der Waals surface area contributed by atoms with Gasteiger partial charge in [-0.2, -0.15) is 4.31 Å². The molecule has 0 bridgehead atoms. The van der Waals surface area contributed by atoms with Crippen molar-refractivity contribution >= 4 is 38.5 Å². The van der Waals surface area contributed by atoms with Crippen molar-refractivity contribution < 1.29 is 27.5 Å². The van der Waals surface area contributed by atoms with Gasteiger partial charge in [-0.15, -0.1) is 0 Å². The van der Waals surface area contributed by atoms with Crippen LogP contribution in [0.1, 0.15) is 27.6 Å². The Morgan fingerprint density at radius 1 is 0.824 bits per heavy atom. The molecule has 1 aliphatic rings. The third-order valence-corrected chi connectivity index (χ3v) is 7.69. The molecule has 1 saturated heterocycles. The average Bonchev–Trinajstić information content (AvgIpc) is 2.86. The van der Waals surface area contributed by atoms with Crippen molar-refractivity contribution in [3.05, 3.63) is 77.9 Å². The van der Waals surface area contributed by atoms with E-state index in [-0.39, 0.29) is 35.2 Å². The van der Waals surface area contributed by atoms with E-state index in [1.54, 1.807) is 17.0 Å². The molecule has 4 rings (SSSR count). The number of Topliss-reactive ketones (excluding diaryl/α,β-unsaturated/α-hetero) is 1. The molecule has 0 radical (unpaired) electrons. The summed E-state index contributed by atoms with van der Waals surface area (Å²) in [5.74, 6) is -1.24. The van der Waals surface area contributed by atoms with Crippen LogP contribution < -0.4 is 0 Å². The second-order valence-electron chi connectivity index (χ2n) is 8.00. The van der Waals surface area contributed by atoms with E-state index < -0.39 is 22.6 Å². The first-order valence-electron chi connectivity index (χ1n) is 10.8. The van der Waals surface area contributed by atoms with Gasteiger partial charge in [-0.3, -0.25) is 9.59 Å². The molecule has 1 heterocycles. The van der Waals surface area contributed by atoms with Gasteiger partial charge >= 0.3 is 5.97 Å². The second-order valence-corrected chi connectivity index (χ2v) is 9.94. The number of fused-ring (bicyclic) bond motifs is 1. The smallest absolute Gasteiger partial charge is 0.338 e. The Balaban J connectivity index is 1.42. The predicted molar refractivity (Wildman–Crippen MR) is 126 cm³/mol. The Kier molecular flexibility index (Phi) is 6.76. The van der Waals surface area contributed by atoms with Gasteiger partial charge in [-0.05, 0) is 35.0 Å². The number of rotatable bonds is 6. The highest BCUT2D eigenvalue weighted by molar-refractivity contribution is 7.89. The highest BCUT2D eigenvalue weighted by Crippen LogP contribution is 2.20. The molecule has 0 aliphatic carbocycles. The van der Waals surface area contributed by atoms with Crippen LogP contribution >= 0.6 is 0 Å². The van der Waals surface area contributed by atoms with Gasteiger partial charge in [0.2, 0.25) is 15.9 Å². The van der Waals surface area contributed by atoms with Crippen LogP contribution in [0.4, 0.5) is 0 Å². The van der Waals surface area contributed by atoms with Crippen LogP contribution in [0.15, 0.2) is 71.6 Å². The van der Waals surface area contributed by atoms with E-state index in [9.17, 15) is 22.8 Å². The topological polar surface area (TPSA) is 101 Å². The third kappa shape index (κ3) is 5.00. The molecule has 0 spiro atoms. The predicted octanol–water partition coefficient (Wildman–Crippen LogP) is 2.73. The summed E-state index contributed by atoms with van der Waals surface area (Å²) in [5, 5.41) is 1.90. The van der Waals surface area contributed by atoms with Gasteiger partial charge in [0, 0.05) is 38.7 Å². The number of carbonyl (C=O) groups excluding carboxylic acids is 3. The number of esters is 1. The zero-order chi connectivity index (χ0) is 24.3. The highest BCUT2D eigenvalue weighted by atomic mass is 32.2. The summed E-state index contributed by atoms with van der Waals surface area (Å²) in [5.41, 5.74) is 0.460. The molecule has 176 valence electrons. The number of amides is 1. The van der Waals surface area contributed by atoms with Gasteiger partial charge in [-0.1, -0.05) is 42.5 Å². The molecule has 0 saturated carbocycles. The molecule has 3 aromatic rings. The Morgan fingerprint density at radius 3 is 2.24 bits per heavy atom. The molecule has 34 heavy (non-hydrogen) atoms. The minimum atomic E-state index is -3.84. The Morgan fingerprint density at radius 2 is 1.53 bits per heavy atom. The molecule has 0 N–H and O–H groups in total. The largest absolute Gasteiger partial charge is 0.454 e. The molecule has 8 nitrogen and oxygen atoms in total. The molecular weight excluding hydrogens is 456 g/mol. The quantitative estimate of drug-likeness (QED) is 0.397. The Labute approximate surface area is 197 Å². The van der Waals surface area contributed by atoms with Gasteiger partial charge in [0.25, 0.3) is 0 Å². The van der Waals surface area contributed by atoms with Crippen LogP contribution in [0.25, 0.3) is 10.8 Å². The van der Waals surface area contributed by atoms with Crippen molar-refractivity contribution in [3.63, 3.8) is 0 Å². The number of sulfonamides is 1. The van der Waals surface area contributed by atoms with Crippen molar-refractivity contribution in [1.82, 2.24) is 9.21 Å². The van der Waals surface area contributed by atoms with E-state index >= 15 is 0 Å². The van der Waals surface area contributed by atoms with Gasteiger partial charge in [0.05, 0.1) is 10.5 Å². The molecular formula is C25H24N2O6S. The summed E-state index contributed by atoms with van der Waals surface area (Å²) in [6.07, 6.45) is 0. The molecule has 3 aromatic carbocycles. The maximum absolute atomic E-state index is 13.0. The number of ketones is 1. The normalized spacial score (nSPS) is 14.7. The van der Waals surface area contributed by atoms with Crippen LogP contribution in [-0.4, -0.2) is 68.1 Å². The molecule has 0 unspecified atom stereocenters. The number of benzene rings is 3. The summed E-state index contributed by atoms with van der Waals surface area (Å²) in [6.45, 7) is 1.97. The first-order valence-corrected chi connectivity index (χ1v) is 12.2. The van der Waals surface area contributed by atoms with E-state index in [0.29, 0.717) is 18.7 Å². The summed E-state index contributed by atoms with van der Waals surface area (Å²) < 4.78 is 32.5. The minimum absolute atomic E-state index is 0.0368. The van der Waals surface area contributed by atoms with Crippen molar-refractivity contribution in [2.24, 2.45) is 0 Å². The highest BCUT2D eigenvalue weighted by Gasteiger charge is 2.29. The van der Waals surface area contributed by atoms with Crippen molar-refractivity contribution in [2.45, 2.75) is 11.8 Å². The van der Waals surface area contributed by atoms with E-state index in [4.69, 9.17) is 4.74 Å². The van der Waals surface area contributed by atoms with Gasteiger partial charge in [0.1, 0.15) is 0 Å². The van der Waals surface area contributed by atoms with E-state index in [1.807, 2.05) is 30.3 Å². The molecule has 9 heteroatoms. The van der Waals surface area contributed by atoms with E-state index in [1.165, 1.54) is 35.5 Å². The maximum atomic E-state index is 13.0. The number of ether oxygens (including phenoxy) is 1. The number of hydrogen-bond donors (Lipinski definition) is 0. The van der Waals surface area contributed by atoms with Crippen LogP contribution in [0.3, 0.4) is 0 Å². The zero-order valence-electron chi connectivity index (χ0n) is 18.6. The standard InChI is InChI=1S/C25H24N2O6S/c1-18(28)26-11-13-27(14-12-26)34(31,32)23-8-4-7-22(16-23)25(30)33-17-24(29)21-10-9-19-5-2-3-6-20(19)15-21/h2-10,15-16H,11-14,17H2,1H3. The maximum Gasteiger partial charge on any atom is 0.338 e. The van der Waals surface area contributed by atoms with Gasteiger partial charge in [0.15, 0.2) is 12.4 Å². The Hall–Kier alpha value is -3.56. The number of hydrogen-bond acceptors (Lipinski definition) is 6. The van der Waals surface area contributed by atoms with E-state index in [2.05, 4.69) is 0 Å². The summed E-state index contributed by atoms with van der Waals surface area (Å²) >= 11 is 0. The molecule has 1 aliphatic heterocycles. The minimum Gasteiger partial charge on any atom is -0.454 e. The van der Waals surface area contributed by atoms with Crippen LogP contribution in [0, 0.1) is 0 Å². The first-order chi connectivity index (χ1) is 16.3. The summed E-state index contributed by atoms with van der Waals surface area (Å²) in [6, 6.07) is 18.4. The van der Waals surface area contributed by atoms with E-state index in [0.717, 1.165) is 10.8 Å². The number of carbonyl (C=O) groups is 3. The number of nitrogens with zero attached hydrogens (tertiary/aromatic N) is 2. The van der Waals surface area contributed by atoms with Crippen molar-refractivity contribution in [3.8, 4) is 0 Å². The molecule has 0 atom stereocenters. The van der Waals surface area contributed by atoms with Crippen LogP contribution in [-0.2, 0) is 19.6 Å². The monoisotopic (exact) mass is 480 g/mol. The molecule has 1 fully saturated rings. The average molecular weight is 481 g/mol. The summed E-state index contributed by atoms with van der Waals surface area (Å²) in [4.78, 5) is 38.1. The zero-order valence-corrected chi connectivity index (χ0v) is 19.5. The molecule has 0 aromatic heterocycles. The van der Waals surface area contributed by atoms with Crippen molar-refractivity contribution in [1.29, 1.82) is 0 Å². The fraction of sp³-hybridized carbons (Fsp3) is 0.240. The second kappa shape index (κ2) is 9.74. The lowest BCUT2D eigenvalue weighted by molar-refractivity contribution is -0.129. The summed E-state index contributed by atoms with van der Waals surface area (Å²) in [7, 11) is -3.84. The van der Waals surface area contributed by atoms with Crippen molar-refractivity contribution in [2.75, 3.05) is 32.8 Å². The molecule has 1 amide bonds.